The molecule has 0 saturated heterocycles. The number of aromatic nitrogens is 1. The quantitative estimate of drug-likeness (QED) is 0.811. The van der Waals surface area contributed by atoms with Crippen molar-refractivity contribution in [1.82, 2.24) is 4.73 Å². The number of hydrogen-bond donors (Lipinski definition) is 2. The van der Waals surface area contributed by atoms with Crippen LogP contribution >= 0.6 is 0 Å². The maximum atomic E-state index is 11.1. The first kappa shape index (κ1) is 12.9. The van der Waals surface area contributed by atoms with Crippen LogP contribution in [0.2, 0.25) is 0 Å². The van der Waals surface area contributed by atoms with Crippen LogP contribution in [-0.4, -0.2) is 21.0 Å². The summed E-state index contributed by atoms with van der Waals surface area (Å²) in [5.74, 6) is -1.13. The van der Waals surface area contributed by atoms with Crippen molar-refractivity contribution in [3.8, 4) is 0 Å². The molecule has 1 aromatic heterocycles. The van der Waals surface area contributed by atoms with Crippen molar-refractivity contribution in [2.24, 2.45) is 4.99 Å². The highest BCUT2D eigenvalue weighted by Crippen LogP contribution is 2.20. The van der Waals surface area contributed by atoms with Crippen molar-refractivity contribution in [1.29, 1.82) is 0 Å². The minimum absolute atomic E-state index is 0.0501. The van der Waals surface area contributed by atoms with E-state index >= 15 is 0 Å². The van der Waals surface area contributed by atoms with Gasteiger partial charge < -0.3 is 10.3 Å². The summed E-state index contributed by atoms with van der Waals surface area (Å²) < 4.78 is 0.700. The second-order valence-corrected chi connectivity index (χ2v) is 4.26. The molecule has 1 aromatic carbocycles. The first-order chi connectivity index (χ1) is 8.99. The first-order valence-corrected chi connectivity index (χ1v) is 5.75. The fourth-order valence-corrected chi connectivity index (χ4v) is 1.73. The van der Waals surface area contributed by atoms with Crippen LogP contribution < -0.4 is 5.36 Å². The van der Waals surface area contributed by atoms with Crippen molar-refractivity contribution in [2.75, 3.05) is 0 Å². The normalized spacial score (nSPS) is 11.6. The molecule has 0 spiro atoms. The fraction of sp³-hybridized carbons (Fsp3) is 0.143. The molecule has 0 aliphatic carbocycles. The van der Waals surface area contributed by atoms with E-state index in [2.05, 4.69) is 4.99 Å². The van der Waals surface area contributed by atoms with Gasteiger partial charge in [-0.25, -0.2) is 14.5 Å². The van der Waals surface area contributed by atoms with E-state index in [0.29, 0.717) is 10.1 Å². The molecule has 0 fully saturated rings. The smallest absolute Gasteiger partial charge is 0.339 e. The minimum Gasteiger partial charge on any atom is -0.478 e. The number of hydrogen-bond acceptors (Lipinski definition) is 3. The topological polar surface area (TPSA) is 74.8 Å². The molecule has 2 aromatic rings. The highest BCUT2D eigenvalue weighted by Gasteiger charge is 2.07. The predicted molar refractivity (Wildman–Crippen MR) is 69.7 cm³/mol. The summed E-state index contributed by atoms with van der Waals surface area (Å²) in [5, 5.41) is 18.7. The van der Waals surface area contributed by atoms with Crippen molar-refractivity contribution in [3.05, 3.63) is 58.7 Å². The van der Waals surface area contributed by atoms with E-state index in [0.717, 1.165) is 23.0 Å². The summed E-state index contributed by atoms with van der Waals surface area (Å²) >= 11 is 0. The van der Waals surface area contributed by atoms with Crippen LogP contribution in [-0.2, 0) is 0 Å². The number of carbonyl (C=O) groups is 1. The average molecular weight is 258 g/mol. The van der Waals surface area contributed by atoms with Gasteiger partial charge in [-0.05, 0) is 37.1 Å². The Balaban J connectivity index is 2.67. The van der Waals surface area contributed by atoms with Crippen LogP contribution in [0.25, 0.3) is 0 Å². The molecule has 0 radical (unpaired) electrons. The Kier molecular flexibility index (Phi) is 3.37. The Morgan fingerprint density at radius 3 is 2.68 bits per heavy atom. The van der Waals surface area contributed by atoms with Crippen LogP contribution in [0.5, 0.6) is 0 Å². The lowest BCUT2D eigenvalue weighted by Gasteiger charge is -2.04. The standard InChI is InChI=1S/C14H14N2O3/c1-9-4-3-5-12(10(9)2)15-13-6-7-16(19)8-11(13)14(17)18/h3-8,19H,1-2H3,(H,17,18). The van der Waals surface area contributed by atoms with Crippen molar-refractivity contribution in [3.63, 3.8) is 0 Å². The van der Waals surface area contributed by atoms with E-state index < -0.39 is 5.97 Å². The molecule has 0 aliphatic rings. The lowest BCUT2D eigenvalue weighted by Crippen LogP contribution is -2.17. The third kappa shape index (κ3) is 2.65. The highest BCUT2D eigenvalue weighted by atomic mass is 16.5. The monoisotopic (exact) mass is 258 g/mol. The van der Waals surface area contributed by atoms with Gasteiger partial charge in [0.25, 0.3) is 0 Å². The Bertz CT molecular complexity index is 702. The lowest BCUT2D eigenvalue weighted by molar-refractivity contribution is 0.0689. The molecule has 0 saturated carbocycles. The van der Waals surface area contributed by atoms with Gasteiger partial charge in [-0.3, -0.25) is 0 Å². The van der Waals surface area contributed by atoms with Gasteiger partial charge in [-0.1, -0.05) is 12.1 Å². The van der Waals surface area contributed by atoms with Crippen LogP contribution in [0.3, 0.4) is 0 Å². The number of carboxylic acids is 1. The molecule has 98 valence electrons. The van der Waals surface area contributed by atoms with E-state index in [1.54, 1.807) is 0 Å². The van der Waals surface area contributed by atoms with Gasteiger partial charge >= 0.3 is 5.97 Å². The van der Waals surface area contributed by atoms with E-state index in [1.165, 1.54) is 12.3 Å². The highest BCUT2D eigenvalue weighted by molar-refractivity contribution is 5.87. The molecule has 1 heterocycles. The maximum absolute atomic E-state index is 11.1. The summed E-state index contributed by atoms with van der Waals surface area (Å²) in [6, 6.07) is 7.13. The molecule has 0 atom stereocenters. The van der Waals surface area contributed by atoms with Gasteiger partial charge in [0.2, 0.25) is 0 Å². The molecule has 0 aliphatic heterocycles. The predicted octanol–water partition coefficient (Wildman–Crippen LogP) is 2.27. The van der Waals surface area contributed by atoms with E-state index in [-0.39, 0.29) is 5.56 Å². The summed E-state index contributed by atoms with van der Waals surface area (Å²) in [6.07, 6.45) is 2.46. The molecule has 0 bridgehead atoms. The van der Waals surface area contributed by atoms with Gasteiger partial charge in [0.1, 0.15) is 5.56 Å². The largest absolute Gasteiger partial charge is 0.478 e. The maximum Gasteiger partial charge on any atom is 0.339 e. The second-order valence-electron chi connectivity index (χ2n) is 4.26. The van der Waals surface area contributed by atoms with Gasteiger partial charge in [0, 0.05) is 6.20 Å². The Labute approximate surface area is 110 Å². The van der Waals surface area contributed by atoms with Gasteiger partial charge in [0.05, 0.1) is 17.2 Å². The summed E-state index contributed by atoms with van der Waals surface area (Å²) in [6.45, 7) is 3.91. The summed E-state index contributed by atoms with van der Waals surface area (Å²) in [5.41, 5.74) is 2.76. The zero-order chi connectivity index (χ0) is 14.0. The second kappa shape index (κ2) is 4.97. The fourth-order valence-electron chi connectivity index (χ4n) is 1.73. The number of benzene rings is 1. The Hall–Kier alpha value is -2.56. The lowest BCUT2D eigenvalue weighted by atomic mass is 10.1. The summed E-state index contributed by atoms with van der Waals surface area (Å²) in [7, 11) is 0. The van der Waals surface area contributed by atoms with E-state index in [4.69, 9.17) is 5.11 Å². The number of nitrogens with zero attached hydrogens (tertiary/aromatic N) is 2. The number of aryl methyl sites for hydroxylation is 1. The minimum atomic E-state index is -1.13. The van der Waals surface area contributed by atoms with Crippen LogP contribution in [0.4, 0.5) is 5.69 Å². The number of carboxylic acid groups (broad SMARTS) is 1. The molecule has 5 heteroatoms. The van der Waals surface area contributed by atoms with Crippen molar-refractivity contribution < 1.29 is 15.1 Å². The number of aromatic carboxylic acids is 1. The Morgan fingerprint density at radius 1 is 1.26 bits per heavy atom. The molecular formula is C14H14N2O3. The molecule has 2 rings (SSSR count). The van der Waals surface area contributed by atoms with E-state index in [9.17, 15) is 10.0 Å². The van der Waals surface area contributed by atoms with E-state index in [1.807, 2.05) is 32.0 Å². The molecule has 19 heavy (non-hydrogen) atoms. The molecular weight excluding hydrogens is 244 g/mol. The van der Waals surface area contributed by atoms with Crippen molar-refractivity contribution in [2.45, 2.75) is 13.8 Å². The van der Waals surface area contributed by atoms with Gasteiger partial charge in [-0.2, -0.15) is 0 Å². The number of pyridine rings is 1. The zero-order valence-electron chi connectivity index (χ0n) is 10.7. The number of rotatable bonds is 2. The summed E-state index contributed by atoms with van der Waals surface area (Å²) in [4.78, 5) is 15.5. The van der Waals surface area contributed by atoms with Gasteiger partial charge in [0.15, 0.2) is 0 Å². The Morgan fingerprint density at radius 2 is 2.00 bits per heavy atom. The first-order valence-electron chi connectivity index (χ1n) is 5.75. The third-order valence-electron chi connectivity index (χ3n) is 2.97. The van der Waals surface area contributed by atoms with Crippen LogP contribution in [0, 0.1) is 13.8 Å². The van der Waals surface area contributed by atoms with Crippen LogP contribution in [0.15, 0.2) is 41.7 Å². The average Bonchev–Trinajstić information content (AvgIpc) is 2.36. The van der Waals surface area contributed by atoms with Crippen molar-refractivity contribution >= 4 is 11.7 Å². The SMILES string of the molecule is Cc1cccc(N=c2ccn(O)cc2C(=O)O)c1C. The molecule has 2 N–H and O–H groups in total. The molecule has 5 nitrogen and oxygen atoms in total. The van der Waals surface area contributed by atoms with Crippen LogP contribution in [0.1, 0.15) is 21.5 Å². The van der Waals surface area contributed by atoms with Gasteiger partial charge in [-0.15, -0.1) is 0 Å². The molecule has 0 amide bonds. The zero-order valence-corrected chi connectivity index (χ0v) is 10.7. The molecule has 0 unspecified atom stereocenters. The third-order valence-corrected chi connectivity index (χ3v) is 2.97.